The van der Waals surface area contributed by atoms with Gasteiger partial charge in [-0.15, -0.1) is 0 Å². The molecule has 7 heteroatoms. The zero-order valence-corrected chi connectivity index (χ0v) is 27.4. The summed E-state index contributed by atoms with van der Waals surface area (Å²) >= 11 is 6.46. The van der Waals surface area contributed by atoms with Gasteiger partial charge in [0.05, 0.1) is 26.4 Å². The van der Waals surface area contributed by atoms with E-state index in [1.165, 1.54) is 64.2 Å². The summed E-state index contributed by atoms with van der Waals surface area (Å²) < 4.78 is 23.9. The Morgan fingerprint density at radius 1 is 0.600 bits per heavy atom. The van der Waals surface area contributed by atoms with Crippen molar-refractivity contribution in [2.75, 3.05) is 26.4 Å². The highest BCUT2D eigenvalue weighted by Gasteiger charge is 2.19. The van der Waals surface area contributed by atoms with Gasteiger partial charge in [0.25, 0.3) is 0 Å². The maximum atomic E-state index is 12.3. The lowest BCUT2D eigenvalue weighted by atomic mass is 9.90. The maximum Gasteiger partial charge on any atom is 0.305 e. The molecule has 0 heterocycles. The van der Waals surface area contributed by atoms with E-state index in [1.807, 2.05) is 36.4 Å². The van der Waals surface area contributed by atoms with Crippen LogP contribution in [0.2, 0.25) is 5.02 Å². The normalized spacial score (nSPS) is 16.1. The predicted molar refractivity (Wildman–Crippen MR) is 180 cm³/mol. The Hall–Kier alpha value is -2.99. The van der Waals surface area contributed by atoms with E-state index in [-0.39, 0.29) is 11.9 Å². The van der Waals surface area contributed by atoms with Gasteiger partial charge < -0.3 is 18.9 Å². The molecule has 0 spiro atoms. The van der Waals surface area contributed by atoms with E-state index in [0.29, 0.717) is 56.1 Å². The second-order valence-corrected chi connectivity index (χ2v) is 13.3. The zero-order chi connectivity index (χ0) is 31.3. The highest BCUT2D eigenvalue weighted by molar-refractivity contribution is 6.31. The second-order valence-electron chi connectivity index (χ2n) is 12.9. The summed E-state index contributed by atoms with van der Waals surface area (Å²) in [5.41, 5.74) is 0. The van der Waals surface area contributed by atoms with Gasteiger partial charge in [0.1, 0.15) is 11.5 Å². The van der Waals surface area contributed by atoms with Gasteiger partial charge in [0.2, 0.25) is 0 Å². The van der Waals surface area contributed by atoms with Gasteiger partial charge >= 0.3 is 11.9 Å². The van der Waals surface area contributed by atoms with Gasteiger partial charge in [-0.2, -0.15) is 0 Å². The van der Waals surface area contributed by atoms with Crippen molar-refractivity contribution in [2.45, 2.75) is 103 Å². The lowest BCUT2D eigenvalue weighted by Crippen LogP contribution is -2.16. The molecule has 244 valence electrons. The third kappa shape index (κ3) is 10.00. The first-order valence-corrected chi connectivity index (χ1v) is 17.7. The Kier molecular flexibility index (Phi) is 13.1. The summed E-state index contributed by atoms with van der Waals surface area (Å²) in [5, 5.41) is 4.39. The summed E-state index contributed by atoms with van der Waals surface area (Å²) in [7, 11) is 0. The molecule has 2 fully saturated rings. The molecular weight excluding hydrogens is 588 g/mol. The first kappa shape index (κ1) is 33.4. The number of halogens is 1. The van der Waals surface area contributed by atoms with Crippen LogP contribution in [0.4, 0.5) is 0 Å². The van der Waals surface area contributed by atoms with Crippen molar-refractivity contribution < 1.29 is 28.5 Å². The van der Waals surface area contributed by atoms with Crippen LogP contribution in [0.1, 0.15) is 103 Å². The van der Waals surface area contributed by atoms with Crippen LogP contribution in [0.5, 0.6) is 11.5 Å². The molecule has 2 saturated carbocycles. The number of unbranched alkanes of at least 4 members (excludes halogenated alkanes) is 2. The van der Waals surface area contributed by atoms with Crippen LogP contribution >= 0.6 is 11.6 Å². The first-order valence-electron chi connectivity index (χ1n) is 17.3. The molecule has 0 atom stereocenters. The number of hydrogen-bond acceptors (Lipinski definition) is 6. The van der Waals surface area contributed by atoms with E-state index in [1.54, 1.807) is 0 Å². The van der Waals surface area contributed by atoms with Gasteiger partial charge in [-0.05, 0) is 81.4 Å². The number of benzene rings is 3. The summed E-state index contributed by atoms with van der Waals surface area (Å²) in [5.74, 6) is 2.42. The van der Waals surface area contributed by atoms with Gasteiger partial charge in [0, 0.05) is 39.4 Å². The lowest BCUT2D eigenvalue weighted by molar-refractivity contribution is -0.146. The summed E-state index contributed by atoms with van der Waals surface area (Å²) in [6, 6.07) is 13.9. The molecule has 0 bridgehead atoms. The summed E-state index contributed by atoms with van der Waals surface area (Å²) in [6.07, 6.45) is 16.1. The molecule has 0 saturated heterocycles. The van der Waals surface area contributed by atoms with E-state index in [2.05, 4.69) is 6.07 Å². The Morgan fingerprint density at radius 3 is 1.58 bits per heavy atom. The highest BCUT2D eigenvalue weighted by atomic mass is 35.5. The molecule has 2 aliphatic rings. The smallest absolute Gasteiger partial charge is 0.305 e. The van der Waals surface area contributed by atoms with Crippen LogP contribution < -0.4 is 9.47 Å². The third-order valence-electron chi connectivity index (χ3n) is 9.34. The van der Waals surface area contributed by atoms with Crippen molar-refractivity contribution in [1.29, 1.82) is 0 Å². The van der Waals surface area contributed by atoms with Gasteiger partial charge in [-0.1, -0.05) is 74.4 Å². The fourth-order valence-corrected chi connectivity index (χ4v) is 6.92. The molecule has 0 N–H and O–H groups in total. The average Bonchev–Trinajstić information content (AvgIpc) is 3.07. The molecular formula is C38H49ClO6. The van der Waals surface area contributed by atoms with Gasteiger partial charge in [-0.25, -0.2) is 0 Å². The van der Waals surface area contributed by atoms with Crippen LogP contribution in [0.25, 0.3) is 21.5 Å². The van der Waals surface area contributed by atoms with E-state index >= 15 is 0 Å². The number of hydrogen-bond donors (Lipinski definition) is 0. The van der Waals surface area contributed by atoms with Crippen molar-refractivity contribution in [3.63, 3.8) is 0 Å². The van der Waals surface area contributed by atoms with E-state index in [4.69, 9.17) is 30.5 Å². The molecule has 3 aromatic carbocycles. The largest absolute Gasteiger partial charge is 0.492 e. The quantitative estimate of drug-likeness (QED) is 0.0885. The molecule has 0 aliphatic heterocycles. The Morgan fingerprint density at radius 2 is 1.07 bits per heavy atom. The van der Waals surface area contributed by atoms with Crippen LogP contribution in [-0.4, -0.2) is 38.4 Å². The van der Waals surface area contributed by atoms with E-state index in [9.17, 15) is 9.59 Å². The van der Waals surface area contributed by atoms with Crippen LogP contribution in [-0.2, 0) is 19.1 Å². The number of fused-ring (bicyclic) bond motifs is 2. The summed E-state index contributed by atoms with van der Waals surface area (Å²) in [4.78, 5) is 24.6. The molecule has 0 radical (unpaired) electrons. The lowest BCUT2D eigenvalue weighted by Gasteiger charge is -2.21. The second kappa shape index (κ2) is 17.6. The van der Waals surface area contributed by atoms with E-state index < -0.39 is 0 Å². The minimum absolute atomic E-state index is 0.107. The van der Waals surface area contributed by atoms with Crippen molar-refractivity contribution in [1.82, 2.24) is 0 Å². The molecule has 45 heavy (non-hydrogen) atoms. The standard InChI is InChI=1S/C38H49ClO6/c39-30-21-22-33-34(25-30)38(43-24-12-10-20-36(41)45-27-29-15-5-2-6-16-29)32-18-8-7-17-31(32)37(33)42-23-11-9-19-35(40)44-26-28-13-3-1-4-14-28/h7-8,17-18,21-22,25,28-29H,1-6,9-16,19-20,23-24,26-27H2. The molecule has 5 rings (SSSR count). The Bertz CT molecular complexity index is 1390. The van der Waals surface area contributed by atoms with Crippen molar-refractivity contribution in [3.05, 3.63) is 47.5 Å². The molecule has 3 aromatic rings. The van der Waals surface area contributed by atoms with Crippen molar-refractivity contribution in [3.8, 4) is 11.5 Å². The fourth-order valence-electron chi connectivity index (χ4n) is 6.75. The number of esters is 2. The molecule has 0 aromatic heterocycles. The van der Waals surface area contributed by atoms with Crippen LogP contribution in [0.15, 0.2) is 42.5 Å². The minimum Gasteiger partial charge on any atom is -0.492 e. The molecule has 0 unspecified atom stereocenters. The van der Waals surface area contributed by atoms with Gasteiger partial charge in [0.15, 0.2) is 0 Å². The van der Waals surface area contributed by atoms with Crippen molar-refractivity contribution >= 4 is 45.1 Å². The maximum absolute atomic E-state index is 12.3. The fraction of sp³-hybridized carbons (Fsp3) is 0.579. The van der Waals surface area contributed by atoms with Crippen LogP contribution in [0, 0.1) is 11.8 Å². The zero-order valence-electron chi connectivity index (χ0n) is 26.7. The Balaban J connectivity index is 1.13. The predicted octanol–water partition coefficient (Wildman–Crippen LogP) is 9.99. The topological polar surface area (TPSA) is 71.1 Å². The van der Waals surface area contributed by atoms with Crippen LogP contribution in [0.3, 0.4) is 0 Å². The highest BCUT2D eigenvalue weighted by Crippen LogP contribution is 2.43. The minimum atomic E-state index is -0.110. The average molecular weight is 637 g/mol. The summed E-state index contributed by atoms with van der Waals surface area (Å²) in [6.45, 7) is 2.11. The molecule has 6 nitrogen and oxygen atoms in total. The first-order chi connectivity index (χ1) is 22.1. The third-order valence-corrected chi connectivity index (χ3v) is 9.58. The van der Waals surface area contributed by atoms with Gasteiger partial charge in [-0.3, -0.25) is 9.59 Å². The number of rotatable bonds is 16. The molecule has 2 aliphatic carbocycles. The number of ether oxygens (including phenoxy) is 4. The SMILES string of the molecule is O=C(CCCCOc1c2ccccc2c(OCCCCC(=O)OCC2CCCCC2)c2cc(Cl)ccc12)OCC1CCCCC1. The monoisotopic (exact) mass is 636 g/mol. The molecule has 0 amide bonds. The Labute approximate surface area is 273 Å². The van der Waals surface area contributed by atoms with Crippen molar-refractivity contribution in [2.24, 2.45) is 11.8 Å². The van der Waals surface area contributed by atoms with E-state index in [0.717, 1.165) is 58.7 Å². The number of carbonyl (C=O) groups excluding carboxylic acids is 2. The number of carbonyl (C=O) groups is 2.